The number of nitrogens with zero attached hydrogens (tertiary/aromatic N) is 2. The van der Waals surface area contributed by atoms with Gasteiger partial charge in [0.15, 0.2) is 0 Å². The second-order valence-corrected chi connectivity index (χ2v) is 7.15. The molecule has 2 fully saturated rings. The SMILES string of the molecule is CC1CN(CC2(C(C)C)CCNC2)CC1N(C)C. The summed E-state index contributed by atoms with van der Waals surface area (Å²) in [6.45, 7) is 13.4. The van der Waals surface area contributed by atoms with Crippen molar-refractivity contribution >= 4 is 0 Å². The lowest BCUT2D eigenvalue weighted by Crippen LogP contribution is -2.43. The number of hydrogen-bond donors (Lipinski definition) is 1. The minimum absolute atomic E-state index is 0.515. The van der Waals surface area contributed by atoms with Crippen molar-refractivity contribution in [1.29, 1.82) is 0 Å². The third kappa shape index (κ3) is 2.73. The molecule has 0 saturated carbocycles. The average Bonchev–Trinajstić information content (AvgIpc) is 2.86. The van der Waals surface area contributed by atoms with Gasteiger partial charge >= 0.3 is 0 Å². The van der Waals surface area contributed by atoms with Crippen LogP contribution >= 0.6 is 0 Å². The van der Waals surface area contributed by atoms with Crippen LogP contribution in [0.25, 0.3) is 0 Å². The molecule has 2 saturated heterocycles. The Labute approximate surface area is 113 Å². The maximum atomic E-state index is 3.58. The summed E-state index contributed by atoms with van der Waals surface area (Å²) in [5.41, 5.74) is 0.515. The monoisotopic (exact) mass is 253 g/mol. The van der Waals surface area contributed by atoms with E-state index in [4.69, 9.17) is 0 Å². The Balaban J connectivity index is 1.97. The van der Waals surface area contributed by atoms with Crippen molar-refractivity contribution in [3.05, 3.63) is 0 Å². The highest BCUT2D eigenvalue weighted by Crippen LogP contribution is 2.36. The molecule has 0 amide bonds. The fraction of sp³-hybridized carbons (Fsp3) is 1.00. The van der Waals surface area contributed by atoms with Crippen molar-refractivity contribution < 1.29 is 0 Å². The predicted octanol–water partition coefficient (Wildman–Crippen LogP) is 1.50. The Bertz CT molecular complexity index is 269. The predicted molar refractivity (Wildman–Crippen MR) is 77.8 cm³/mol. The quantitative estimate of drug-likeness (QED) is 0.819. The molecule has 2 rings (SSSR count). The molecule has 0 radical (unpaired) electrons. The Hall–Kier alpha value is -0.120. The maximum absolute atomic E-state index is 3.58. The highest BCUT2D eigenvalue weighted by Gasteiger charge is 2.41. The van der Waals surface area contributed by atoms with Gasteiger partial charge in [0.1, 0.15) is 0 Å². The van der Waals surface area contributed by atoms with Gasteiger partial charge in [-0.25, -0.2) is 0 Å². The Kier molecular flexibility index (Phi) is 4.35. The molecule has 0 aliphatic carbocycles. The molecule has 1 N–H and O–H groups in total. The van der Waals surface area contributed by atoms with Crippen LogP contribution in [-0.2, 0) is 0 Å². The van der Waals surface area contributed by atoms with E-state index in [-0.39, 0.29) is 0 Å². The fourth-order valence-electron chi connectivity index (χ4n) is 3.87. The molecule has 0 bridgehead atoms. The summed E-state index contributed by atoms with van der Waals surface area (Å²) >= 11 is 0. The summed E-state index contributed by atoms with van der Waals surface area (Å²) in [6.07, 6.45) is 1.35. The van der Waals surface area contributed by atoms with Crippen LogP contribution in [0.1, 0.15) is 27.2 Å². The van der Waals surface area contributed by atoms with Gasteiger partial charge in [0.05, 0.1) is 0 Å². The van der Waals surface area contributed by atoms with E-state index in [9.17, 15) is 0 Å². The van der Waals surface area contributed by atoms with Crippen molar-refractivity contribution in [2.75, 3.05) is 46.8 Å². The highest BCUT2D eigenvalue weighted by molar-refractivity contribution is 4.96. The van der Waals surface area contributed by atoms with E-state index in [1.807, 2.05) is 0 Å². The van der Waals surface area contributed by atoms with Crippen molar-refractivity contribution in [3.8, 4) is 0 Å². The molecular weight excluding hydrogens is 222 g/mol. The molecule has 3 atom stereocenters. The molecule has 0 aromatic rings. The van der Waals surface area contributed by atoms with Crippen molar-refractivity contribution in [3.63, 3.8) is 0 Å². The molecule has 0 aromatic heterocycles. The van der Waals surface area contributed by atoms with E-state index in [0.29, 0.717) is 5.41 Å². The number of rotatable bonds is 4. The van der Waals surface area contributed by atoms with Crippen LogP contribution in [0, 0.1) is 17.3 Å². The van der Waals surface area contributed by atoms with Crippen LogP contribution in [0.2, 0.25) is 0 Å². The molecule has 3 nitrogen and oxygen atoms in total. The fourth-order valence-corrected chi connectivity index (χ4v) is 3.87. The second kappa shape index (κ2) is 5.48. The molecule has 106 valence electrons. The maximum Gasteiger partial charge on any atom is 0.0254 e. The first kappa shape index (κ1) is 14.3. The average molecular weight is 253 g/mol. The first-order valence-electron chi connectivity index (χ1n) is 7.54. The largest absolute Gasteiger partial charge is 0.316 e. The van der Waals surface area contributed by atoms with E-state index in [2.05, 4.69) is 50.0 Å². The minimum atomic E-state index is 0.515. The third-order valence-electron chi connectivity index (χ3n) is 5.35. The Morgan fingerprint density at radius 1 is 1.33 bits per heavy atom. The zero-order valence-corrected chi connectivity index (χ0v) is 12.9. The zero-order valence-electron chi connectivity index (χ0n) is 12.9. The number of likely N-dealkylation sites (tertiary alicyclic amines) is 1. The standard InChI is InChI=1S/C15H31N3/c1-12(2)15(6-7-16-10-15)11-18-8-13(3)14(9-18)17(4)5/h12-14,16H,6-11H2,1-5H3. The lowest BCUT2D eigenvalue weighted by Gasteiger charge is -2.36. The molecule has 0 aromatic carbocycles. The molecule has 18 heavy (non-hydrogen) atoms. The van der Waals surface area contributed by atoms with Gasteiger partial charge in [0, 0.05) is 32.2 Å². The van der Waals surface area contributed by atoms with Crippen molar-refractivity contribution in [1.82, 2.24) is 15.1 Å². The molecule has 3 unspecified atom stereocenters. The van der Waals surface area contributed by atoms with E-state index < -0.39 is 0 Å². The van der Waals surface area contributed by atoms with Crippen LogP contribution in [0.4, 0.5) is 0 Å². The summed E-state index contributed by atoms with van der Waals surface area (Å²) < 4.78 is 0. The van der Waals surface area contributed by atoms with Gasteiger partial charge in [0.2, 0.25) is 0 Å². The Morgan fingerprint density at radius 2 is 2.06 bits per heavy atom. The molecular formula is C15H31N3. The smallest absolute Gasteiger partial charge is 0.0254 e. The van der Waals surface area contributed by atoms with Crippen LogP contribution in [0.5, 0.6) is 0 Å². The van der Waals surface area contributed by atoms with E-state index >= 15 is 0 Å². The Morgan fingerprint density at radius 3 is 2.50 bits per heavy atom. The first-order valence-corrected chi connectivity index (χ1v) is 7.54. The lowest BCUT2D eigenvalue weighted by atomic mass is 9.76. The third-order valence-corrected chi connectivity index (χ3v) is 5.35. The summed E-state index contributed by atoms with van der Waals surface area (Å²) in [7, 11) is 4.44. The van der Waals surface area contributed by atoms with Crippen LogP contribution in [-0.4, -0.2) is 62.7 Å². The van der Waals surface area contributed by atoms with E-state index in [1.165, 1.54) is 39.1 Å². The summed E-state index contributed by atoms with van der Waals surface area (Å²) in [4.78, 5) is 5.11. The molecule has 2 aliphatic heterocycles. The van der Waals surface area contributed by atoms with Gasteiger partial charge in [-0.05, 0) is 44.3 Å². The number of nitrogens with one attached hydrogen (secondary N) is 1. The van der Waals surface area contributed by atoms with Gasteiger partial charge in [0.25, 0.3) is 0 Å². The zero-order chi connectivity index (χ0) is 13.3. The van der Waals surface area contributed by atoms with Crippen molar-refractivity contribution in [2.45, 2.75) is 33.2 Å². The van der Waals surface area contributed by atoms with Gasteiger partial charge in [-0.2, -0.15) is 0 Å². The second-order valence-electron chi connectivity index (χ2n) is 7.15. The molecule has 2 heterocycles. The summed E-state index contributed by atoms with van der Waals surface area (Å²) in [6, 6.07) is 0.739. The van der Waals surface area contributed by atoms with Gasteiger partial charge in [-0.1, -0.05) is 20.8 Å². The molecule has 2 aliphatic rings. The first-order chi connectivity index (χ1) is 8.44. The van der Waals surface area contributed by atoms with Crippen LogP contribution in [0.15, 0.2) is 0 Å². The van der Waals surface area contributed by atoms with Crippen LogP contribution in [0.3, 0.4) is 0 Å². The topological polar surface area (TPSA) is 18.5 Å². The van der Waals surface area contributed by atoms with E-state index in [0.717, 1.165) is 17.9 Å². The minimum Gasteiger partial charge on any atom is -0.316 e. The van der Waals surface area contributed by atoms with Crippen LogP contribution < -0.4 is 5.32 Å². The number of hydrogen-bond acceptors (Lipinski definition) is 3. The van der Waals surface area contributed by atoms with Gasteiger partial charge in [-0.15, -0.1) is 0 Å². The number of likely N-dealkylation sites (N-methyl/N-ethyl adjacent to an activating group) is 1. The molecule has 3 heteroatoms. The lowest BCUT2D eigenvalue weighted by molar-refractivity contribution is 0.129. The van der Waals surface area contributed by atoms with E-state index in [1.54, 1.807) is 0 Å². The van der Waals surface area contributed by atoms with Gasteiger partial charge in [-0.3, -0.25) is 0 Å². The summed E-state index contributed by atoms with van der Waals surface area (Å²) in [5, 5.41) is 3.58. The molecule has 0 spiro atoms. The summed E-state index contributed by atoms with van der Waals surface area (Å²) in [5.74, 6) is 1.58. The normalized spacial score (nSPS) is 38.2. The highest BCUT2D eigenvalue weighted by atomic mass is 15.2. The van der Waals surface area contributed by atoms with Crippen molar-refractivity contribution in [2.24, 2.45) is 17.3 Å². The van der Waals surface area contributed by atoms with Gasteiger partial charge < -0.3 is 15.1 Å².